The van der Waals surface area contributed by atoms with Crippen LogP contribution in [0.2, 0.25) is 0 Å². The number of hydrogen-bond acceptors (Lipinski definition) is 8. The first-order valence-electron chi connectivity index (χ1n) is 7.45. The molecule has 0 atom stereocenters. The molecule has 2 heterocycles. The Kier molecular flexibility index (Phi) is 5.90. The largest absolute Gasteiger partial charge is 0.477 e. The van der Waals surface area contributed by atoms with E-state index >= 15 is 0 Å². The van der Waals surface area contributed by atoms with E-state index in [0.717, 1.165) is 16.8 Å². The van der Waals surface area contributed by atoms with Gasteiger partial charge < -0.3 is 20.3 Å². The van der Waals surface area contributed by atoms with Gasteiger partial charge in [-0.1, -0.05) is 17.3 Å². The third-order valence-electron chi connectivity index (χ3n) is 3.16. The zero-order valence-corrected chi connectivity index (χ0v) is 13.8. The Labute approximate surface area is 144 Å². The van der Waals surface area contributed by atoms with E-state index in [4.69, 9.17) is 20.3 Å². The summed E-state index contributed by atoms with van der Waals surface area (Å²) in [7, 11) is 1.82. The minimum atomic E-state index is 0.108. The minimum Gasteiger partial charge on any atom is -0.477 e. The van der Waals surface area contributed by atoms with Gasteiger partial charge in [-0.05, 0) is 25.1 Å². The molecule has 25 heavy (non-hydrogen) atoms. The van der Waals surface area contributed by atoms with Gasteiger partial charge in [0.05, 0.1) is 17.7 Å². The Morgan fingerprint density at radius 2 is 2.20 bits per heavy atom. The number of rotatable bonds is 4. The molecule has 0 unspecified atom stereocenters. The molecule has 3 N–H and O–H groups in total. The molecule has 3 aromatic rings. The second kappa shape index (κ2) is 8.31. The molecule has 1 aromatic carbocycles. The maximum atomic E-state index is 10.5. The number of hydrogen-bond donors (Lipinski definition) is 2. The lowest BCUT2D eigenvalue weighted by molar-refractivity contribution is 0.111. The molecule has 0 saturated carbocycles. The molecule has 0 spiro atoms. The lowest BCUT2D eigenvalue weighted by Crippen LogP contribution is -2.03. The molecule has 0 fully saturated rings. The lowest BCUT2D eigenvalue weighted by atomic mass is 10.2. The van der Waals surface area contributed by atoms with Crippen molar-refractivity contribution < 1.29 is 14.1 Å². The molecule has 2 aromatic heterocycles. The summed E-state index contributed by atoms with van der Waals surface area (Å²) in [4.78, 5) is 14.3. The van der Waals surface area contributed by atoms with Crippen molar-refractivity contribution in [2.24, 2.45) is 0 Å². The smallest absolute Gasteiger partial charge is 0.234 e. The molecule has 0 amide bonds. The van der Waals surface area contributed by atoms with Crippen LogP contribution in [0, 0.1) is 11.3 Å². The predicted octanol–water partition coefficient (Wildman–Crippen LogP) is 2.62. The maximum Gasteiger partial charge on any atom is 0.234 e. The number of benzene rings is 1. The van der Waals surface area contributed by atoms with Gasteiger partial charge in [0.2, 0.25) is 5.88 Å². The molecule has 0 bridgehead atoms. The number of anilines is 2. The summed E-state index contributed by atoms with van der Waals surface area (Å²) in [6.07, 6.45) is 0.556. The molecular weight excluding hydrogens is 322 g/mol. The van der Waals surface area contributed by atoms with Crippen LogP contribution < -0.4 is 15.8 Å². The van der Waals surface area contributed by atoms with Crippen molar-refractivity contribution in [2.75, 3.05) is 24.7 Å². The van der Waals surface area contributed by atoms with E-state index in [1.54, 1.807) is 6.92 Å². The first-order valence-corrected chi connectivity index (χ1v) is 7.45. The van der Waals surface area contributed by atoms with Crippen molar-refractivity contribution in [1.29, 1.82) is 5.26 Å². The average Bonchev–Trinajstić information content (AvgIpc) is 3.05. The van der Waals surface area contributed by atoms with Crippen LogP contribution in [-0.4, -0.2) is 30.1 Å². The van der Waals surface area contributed by atoms with E-state index < -0.39 is 0 Å². The van der Waals surface area contributed by atoms with Gasteiger partial charge in [-0.25, -0.2) is 4.98 Å². The highest BCUT2D eigenvalue weighted by molar-refractivity contribution is 5.87. The Balaban J connectivity index is 0.000000185. The van der Waals surface area contributed by atoms with Crippen molar-refractivity contribution in [3.63, 3.8) is 0 Å². The van der Waals surface area contributed by atoms with Gasteiger partial charge >= 0.3 is 0 Å². The number of aldehydes is 1. The Morgan fingerprint density at radius 1 is 1.44 bits per heavy atom. The summed E-state index contributed by atoms with van der Waals surface area (Å²) < 4.78 is 10.1. The van der Waals surface area contributed by atoms with E-state index in [1.807, 2.05) is 37.4 Å². The van der Waals surface area contributed by atoms with Gasteiger partial charge in [-0.3, -0.25) is 4.79 Å². The number of carbonyl (C=O) groups excluding carboxylic acids is 1. The summed E-state index contributed by atoms with van der Waals surface area (Å²) in [6, 6.07) is 11.0. The third-order valence-corrected chi connectivity index (χ3v) is 3.16. The van der Waals surface area contributed by atoms with Gasteiger partial charge in [0.15, 0.2) is 17.7 Å². The molecule has 8 heteroatoms. The predicted molar refractivity (Wildman–Crippen MR) is 93.5 cm³/mol. The highest BCUT2D eigenvalue weighted by atomic mass is 16.5. The third kappa shape index (κ3) is 4.03. The highest BCUT2D eigenvalue weighted by Gasteiger charge is 2.10. The van der Waals surface area contributed by atoms with Crippen LogP contribution >= 0.6 is 0 Å². The fourth-order valence-corrected chi connectivity index (χ4v) is 2.04. The summed E-state index contributed by atoms with van der Waals surface area (Å²) in [5.41, 5.74) is 6.88. The quantitative estimate of drug-likeness (QED) is 0.694. The van der Waals surface area contributed by atoms with E-state index in [9.17, 15) is 4.79 Å². The van der Waals surface area contributed by atoms with Gasteiger partial charge in [0, 0.05) is 7.05 Å². The van der Waals surface area contributed by atoms with Crippen LogP contribution in [0.3, 0.4) is 0 Å². The molecule has 0 aliphatic heterocycles. The SMILES string of the molecule is CCOc1nc(C=O)cc(N)c1C#N.CNc1noc2ccccc12. The van der Waals surface area contributed by atoms with Crippen molar-refractivity contribution in [1.82, 2.24) is 10.1 Å². The summed E-state index contributed by atoms with van der Waals surface area (Å²) in [5, 5.41) is 16.5. The van der Waals surface area contributed by atoms with Gasteiger partial charge in [0.1, 0.15) is 17.3 Å². The zero-order valence-electron chi connectivity index (χ0n) is 13.8. The summed E-state index contributed by atoms with van der Waals surface area (Å²) in [5.74, 6) is 0.901. The first kappa shape index (κ1) is 17.7. The standard InChI is InChI=1S/C9H9N3O2.C8H8N2O/c1-2-14-9-7(4-10)8(11)3-6(5-13)12-9;1-9-8-6-4-2-3-5-7(6)11-10-8/h3,5H,2H2,1H3,(H2,11,12);2-5H,1H3,(H,9,10). The van der Waals surface area contributed by atoms with Gasteiger partial charge in [-0.15, -0.1) is 0 Å². The van der Waals surface area contributed by atoms with Crippen LogP contribution in [0.25, 0.3) is 11.0 Å². The number of aromatic nitrogens is 2. The fourth-order valence-electron chi connectivity index (χ4n) is 2.04. The molecule has 0 aliphatic rings. The van der Waals surface area contributed by atoms with Gasteiger partial charge in [-0.2, -0.15) is 5.26 Å². The maximum absolute atomic E-state index is 10.5. The molecular formula is C17H17N5O3. The first-order chi connectivity index (χ1) is 12.1. The number of pyridine rings is 1. The number of nitrogens with zero attached hydrogens (tertiary/aromatic N) is 3. The normalized spacial score (nSPS) is 9.64. The number of nitrogens with two attached hydrogens (primary N) is 1. The lowest BCUT2D eigenvalue weighted by Gasteiger charge is -2.06. The van der Waals surface area contributed by atoms with Gasteiger partial charge in [0.25, 0.3) is 0 Å². The monoisotopic (exact) mass is 339 g/mol. The van der Waals surface area contributed by atoms with Crippen molar-refractivity contribution in [2.45, 2.75) is 6.92 Å². The topological polar surface area (TPSA) is 127 Å². The van der Waals surface area contributed by atoms with Crippen LogP contribution in [0.4, 0.5) is 11.5 Å². The van der Waals surface area contributed by atoms with E-state index in [0.29, 0.717) is 12.9 Å². The van der Waals surface area contributed by atoms with Crippen molar-refractivity contribution >= 4 is 28.8 Å². The number of para-hydroxylation sites is 1. The number of fused-ring (bicyclic) bond motifs is 1. The fraction of sp³-hybridized carbons (Fsp3) is 0.176. The molecule has 0 radical (unpaired) electrons. The second-order valence-electron chi connectivity index (χ2n) is 4.76. The Bertz CT molecular complexity index is 914. The van der Waals surface area contributed by atoms with E-state index in [-0.39, 0.29) is 22.8 Å². The van der Waals surface area contributed by atoms with Crippen LogP contribution in [0.5, 0.6) is 5.88 Å². The number of carbonyl (C=O) groups is 1. The van der Waals surface area contributed by atoms with Crippen molar-refractivity contribution in [3.05, 3.63) is 41.6 Å². The number of nitrogen functional groups attached to an aromatic ring is 1. The molecule has 128 valence electrons. The minimum absolute atomic E-state index is 0.108. The van der Waals surface area contributed by atoms with E-state index in [1.165, 1.54) is 6.07 Å². The summed E-state index contributed by atoms with van der Waals surface area (Å²) in [6.45, 7) is 2.12. The van der Waals surface area contributed by atoms with Crippen LogP contribution in [-0.2, 0) is 0 Å². The Hall–Kier alpha value is -3.60. The number of nitriles is 1. The second-order valence-corrected chi connectivity index (χ2v) is 4.76. The summed E-state index contributed by atoms with van der Waals surface area (Å²) >= 11 is 0. The van der Waals surface area contributed by atoms with Crippen LogP contribution in [0.1, 0.15) is 23.0 Å². The molecule has 0 saturated heterocycles. The van der Waals surface area contributed by atoms with Crippen molar-refractivity contribution in [3.8, 4) is 11.9 Å². The number of nitrogens with one attached hydrogen (secondary N) is 1. The number of ether oxygens (including phenoxy) is 1. The van der Waals surface area contributed by atoms with Crippen LogP contribution in [0.15, 0.2) is 34.9 Å². The Morgan fingerprint density at radius 3 is 2.84 bits per heavy atom. The zero-order chi connectivity index (χ0) is 18.2. The highest BCUT2D eigenvalue weighted by Crippen LogP contribution is 2.22. The average molecular weight is 339 g/mol. The van der Waals surface area contributed by atoms with E-state index in [2.05, 4.69) is 15.5 Å². The molecule has 3 rings (SSSR count). The molecule has 8 nitrogen and oxygen atoms in total. The molecule has 0 aliphatic carbocycles.